The van der Waals surface area contributed by atoms with Crippen LogP contribution in [0.3, 0.4) is 0 Å². The number of nitrogens with two attached hydrogens (primary N) is 1. The molecule has 0 unspecified atom stereocenters. The fourth-order valence-corrected chi connectivity index (χ4v) is 1.72. The Morgan fingerprint density at radius 1 is 1.25 bits per heavy atom. The summed E-state index contributed by atoms with van der Waals surface area (Å²) < 4.78 is 0. The summed E-state index contributed by atoms with van der Waals surface area (Å²) in [6.45, 7) is 0. The molecule has 0 saturated heterocycles. The summed E-state index contributed by atoms with van der Waals surface area (Å²) in [5, 5.41) is 2.92. The van der Waals surface area contributed by atoms with E-state index in [9.17, 15) is 4.79 Å². The summed E-state index contributed by atoms with van der Waals surface area (Å²) >= 11 is 0. The average Bonchev–Trinajstić information content (AvgIpc) is 2.87. The van der Waals surface area contributed by atoms with Gasteiger partial charge in [-0.3, -0.25) is 5.43 Å². The Kier molecular flexibility index (Phi) is 1.92. The van der Waals surface area contributed by atoms with Crippen LogP contribution in [0.1, 0.15) is 25.7 Å². The topological polar surface area (TPSA) is 67.1 Å². The molecular formula is C8H15N3O. The molecule has 4 N–H and O–H groups in total. The first kappa shape index (κ1) is 7.86. The van der Waals surface area contributed by atoms with Gasteiger partial charge in [0, 0.05) is 6.04 Å². The maximum Gasteiger partial charge on any atom is 0.329 e. The van der Waals surface area contributed by atoms with Crippen molar-refractivity contribution in [3.63, 3.8) is 0 Å². The van der Waals surface area contributed by atoms with Crippen LogP contribution in [0.25, 0.3) is 0 Å². The third-order valence-electron chi connectivity index (χ3n) is 2.69. The van der Waals surface area contributed by atoms with E-state index in [4.69, 9.17) is 5.84 Å². The highest BCUT2D eigenvalue weighted by molar-refractivity contribution is 5.73. The molecule has 4 heteroatoms. The molecule has 0 radical (unpaired) electrons. The van der Waals surface area contributed by atoms with Gasteiger partial charge in [-0.1, -0.05) is 0 Å². The molecule has 2 aliphatic rings. The zero-order chi connectivity index (χ0) is 8.55. The standard InChI is InChI=1S/C8H15N3O/c9-11-8(12)10-7(5-1-2-5)6-3-4-6/h5-7H,1-4,9H2,(H2,10,11,12). The lowest BCUT2D eigenvalue weighted by molar-refractivity contribution is 0.233. The van der Waals surface area contributed by atoms with Gasteiger partial charge >= 0.3 is 6.03 Å². The van der Waals surface area contributed by atoms with Crippen molar-refractivity contribution >= 4 is 6.03 Å². The van der Waals surface area contributed by atoms with E-state index < -0.39 is 0 Å². The molecule has 0 bridgehead atoms. The van der Waals surface area contributed by atoms with Crippen molar-refractivity contribution in [2.75, 3.05) is 0 Å². The van der Waals surface area contributed by atoms with Gasteiger partial charge < -0.3 is 5.32 Å². The molecule has 0 aromatic carbocycles. The van der Waals surface area contributed by atoms with Gasteiger partial charge in [0.25, 0.3) is 0 Å². The zero-order valence-electron chi connectivity index (χ0n) is 7.05. The van der Waals surface area contributed by atoms with Crippen molar-refractivity contribution in [3.05, 3.63) is 0 Å². The monoisotopic (exact) mass is 169 g/mol. The highest BCUT2D eigenvalue weighted by Gasteiger charge is 2.42. The maximum atomic E-state index is 10.9. The summed E-state index contributed by atoms with van der Waals surface area (Å²) in [6, 6.07) is 0.160. The van der Waals surface area contributed by atoms with Gasteiger partial charge in [0.1, 0.15) is 0 Å². The second-order valence-electron chi connectivity index (χ2n) is 3.82. The van der Waals surface area contributed by atoms with Gasteiger partial charge in [0.05, 0.1) is 0 Å². The molecule has 2 amide bonds. The second-order valence-corrected chi connectivity index (χ2v) is 3.82. The fraction of sp³-hybridized carbons (Fsp3) is 0.875. The molecular weight excluding hydrogens is 154 g/mol. The smallest absolute Gasteiger partial charge is 0.329 e. The van der Waals surface area contributed by atoms with E-state index in [0.29, 0.717) is 6.04 Å². The van der Waals surface area contributed by atoms with Gasteiger partial charge in [-0.15, -0.1) is 0 Å². The molecule has 0 heterocycles. The molecule has 0 atom stereocenters. The predicted molar refractivity (Wildman–Crippen MR) is 45.1 cm³/mol. The van der Waals surface area contributed by atoms with Crippen LogP contribution in [0.5, 0.6) is 0 Å². The van der Waals surface area contributed by atoms with Gasteiger partial charge in [-0.05, 0) is 37.5 Å². The van der Waals surface area contributed by atoms with Crippen LogP contribution in [-0.4, -0.2) is 12.1 Å². The number of hydrogen-bond acceptors (Lipinski definition) is 2. The largest absolute Gasteiger partial charge is 0.334 e. The van der Waals surface area contributed by atoms with Crippen LogP contribution in [0.4, 0.5) is 4.79 Å². The number of hydrazine groups is 1. The first-order chi connectivity index (χ1) is 5.81. The van der Waals surface area contributed by atoms with E-state index >= 15 is 0 Å². The highest BCUT2D eigenvalue weighted by atomic mass is 16.2. The van der Waals surface area contributed by atoms with Crippen molar-refractivity contribution in [1.82, 2.24) is 10.7 Å². The molecule has 4 nitrogen and oxygen atoms in total. The van der Waals surface area contributed by atoms with E-state index in [2.05, 4.69) is 10.7 Å². The lowest BCUT2D eigenvalue weighted by Gasteiger charge is -2.16. The van der Waals surface area contributed by atoms with E-state index in [-0.39, 0.29) is 6.03 Å². The quantitative estimate of drug-likeness (QED) is 0.324. The minimum absolute atomic E-state index is 0.237. The van der Waals surface area contributed by atoms with E-state index in [0.717, 1.165) is 11.8 Å². The molecule has 0 spiro atoms. The average molecular weight is 169 g/mol. The minimum atomic E-state index is -0.237. The Morgan fingerprint density at radius 2 is 1.75 bits per heavy atom. The van der Waals surface area contributed by atoms with Gasteiger partial charge in [0.15, 0.2) is 0 Å². The normalized spacial score (nSPS) is 22.5. The minimum Gasteiger partial charge on any atom is -0.334 e. The molecule has 12 heavy (non-hydrogen) atoms. The maximum absolute atomic E-state index is 10.9. The molecule has 0 aromatic rings. The SMILES string of the molecule is NNC(=O)NC(C1CC1)C1CC1. The third-order valence-corrected chi connectivity index (χ3v) is 2.69. The fourth-order valence-electron chi connectivity index (χ4n) is 1.72. The molecule has 2 rings (SSSR count). The van der Waals surface area contributed by atoms with Gasteiger partial charge in [0.2, 0.25) is 0 Å². The first-order valence-electron chi connectivity index (χ1n) is 4.58. The molecule has 2 aliphatic carbocycles. The second kappa shape index (κ2) is 2.94. The lowest BCUT2D eigenvalue weighted by atomic mass is 10.1. The molecule has 2 saturated carbocycles. The summed E-state index contributed by atoms with van der Waals surface area (Å²) in [4.78, 5) is 10.9. The highest BCUT2D eigenvalue weighted by Crippen LogP contribution is 2.44. The summed E-state index contributed by atoms with van der Waals surface area (Å²) in [5.41, 5.74) is 2.11. The van der Waals surface area contributed by atoms with Crippen LogP contribution < -0.4 is 16.6 Å². The van der Waals surface area contributed by atoms with Crippen molar-refractivity contribution in [2.24, 2.45) is 17.7 Å². The number of rotatable bonds is 3. The van der Waals surface area contributed by atoms with Crippen LogP contribution in [0.2, 0.25) is 0 Å². The van der Waals surface area contributed by atoms with Crippen LogP contribution in [0.15, 0.2) is 0 Å². The first-order valence-corrected chi connectivity index (χ1v) is 4.58. The number of hydrogen-bond donors (Lipinski definition) is 3. The van der Waals surface area contributed by atoms with Crippen molar-refractivity contribution in [3.8, 4) is 0 Å². The van der Waals surface area contributed by atoms with Crippen LogP contribution >= 0.6 is 0 Å². The summed E-state index contributed by atoms with van der Waals surface area (Å²) in [6.07, 6.45) is 5.08. The molecule has 68 valence electrons. The van der Waals surface area contributed by atoms with E-state index in [1.807, 2.05) is 0 Å². The Hall–Kier alpha value is -0.770. The van der Waals surface area contributed by atoms with Crippen LogP contribution in [-0.2, 0) is 0 Å². The molecule has 0 aliphatic heterocycles. The summed E-state index contributed by atoms with van der Waals surface area (Å²) in [7, 11) is 0. The van der Waals surface area contributed by atoms with Crippen LogP contribution in [0, 0.1) is 11.8 Å². The number of amides is 2. The van der Waals surface area contributed by atoms with Crippen molar-refractivity contribution < 1.29 is 4.79 Å². The number of carbonyl (C=O) groups is 1. The van der Waals surface area contributed by atoms with Crippen molar-refractivity contribution in [2.45, 2.75) is 31.7 Å². The number of nitrogens with one attached hydrogen (secondary N) is 2. The van der Waals surface area contributed by atoms with E-state index in [1.165, 1.54) is 25.7 Å². The Bertz CT molecular complexity index is 175. The molecule has 0 aromatic heterocycles. The van der Waals surface area contributed by atoms with Gasteiger partial charge in [-0.2, -0.15) is 0 Å². The van der Waals surface area contributed by atoms with E-state index in [1.54, 1.807) is 0 Å². The number of urea groups is 1. The zero-order valence-corrected chi connectivity index (χ0v) is 7.05. The summed E-state index contributed by atoms with van der Waals surface area (Å²) in [5.74, 6) is 6.46. The lowest BCUT2D eigenvalue weighted by Crippen LogP contribution is -2.46. The van der Waals surface area contributed by atoms with Crippen molar-refractivity contribution in [1.29, 1.82) is 0 Å². The van der Waals surface area contributed by atoms with Gasteiger partial charge in [-0.25, -0.2) is 10.6 Å². The Labute approximate surface area is 71.9 Å². The third kappa shape index (κ3) is 1.69. The molecule has 2 fully saturated rings. The Balaban J connectivity index is 1.83. The Morgan fingerprint density at radius 3 is 2.08 bits per heavy atom. The number of carbonyl (C=O) groups excluding carboxylic acids is 1. The predicted octanol–water partition coefficient (Wildman–Crippen LogP) is 0.348.